The highest BCUT2D eigenvalue weighted by Gasteiger charge is 2.30. The second-order valence-electron chi connectivity index (χ2n) is 4.82. The first kappa shape index (κ1) is 11.0. The van der Waals surface area contributed by atoms with Crippen LogP contribution in [0.2, 0.25) is 5.02 Å². The predicted molar refractivity (Wildman–Crippen MR) is 63.5 cm³/mol. The molecule has 1 nitrogen and oxygen atoms in total. The van der Waals surface area contributed by atoms with E-state index in [0.717, 1.165) is 24.5 Å². The molecule has 0 bridgehead atoms. The zero-order chi connectivity index (χ0) is 10.9. The van der Waals surface area contributed by atoms with Crippen LogP contribution in [0.5, 0.6) is 0 Å². The first-order valence-electron chi connectivity index (χ1n) is 5.47. The molecule has 1 unspecified atom stereocenters. The average molecular weight is 225 g/mol. The Hall–Kier alpha value is -0.530. The molecule has 0 radical (unpaired) electrons. The van der Waals surface area contributed by atoms with E-state index in [9.17, 15) is 0 Å². The van der Waals surface area contributed by atoms with Crippen molar-refractivity contribution in [2.45, 2.75) is 38.2 Å². The van der Waals surface area contributed by atoms with Gasteiger partial charge in [0.15, 0.2) is 0 Å². The van der Waals surface area contributed by atoms with Gasteiger partial charge in [-0.3, -0.25) is 0 Å². The molecule has 15 heavy (non-hydrogen) atoms. The van der Waals surface area contributed by atoms with Crippen molar-refractivity contribution < 1.29 is 4.74 Å². The summed E-state index contributed by atoms with van der Waals surface area (Å²) in [5, 5.41) is 0.889. The van der Waals surface area contributed by atoms with Crippen molar-refractivity contribution in [3.05, 3.63) is 34.9 Å². The van der Waals surface area contributed by atoms with Crippen molar-refractivity contribution in [2.75, 3.05) is 6.61 Å². The van der Waals surface area contributed by atoms with Crippen molar-refractivity contribution in [1.82, 2.24) is 0 Å². The Kier molecular flexibility index (Phi) is 3.03. The number of rotatable bonds is 1. The van der Waals surface area contributed by atoms with Crippen molar-refractivity contribution in [3.63, 3.8) is 0 Å². The van der Waals surface area contributed by atoms with Gasteiger partial charge in [0.2, 0.25) is 0 Å². The van der Waals surface area contributed by atoms with E-state index in [1.807, 2.05) is 12.1 Å². The summed E-state index contributed by atoms with van der Waals surface area (Å²) in [7, 11) is 0. The quantitative estimate of drug-likeness (QED) is 0.700. The normalized spacial score (nSPS) is 25.1. The van der Waals surface area contributed by atoms with E-state index < -0.39 is 0 Å². The number of benzene rings is 1. The minimum atomic E-state index is -0.0118. The molecule has 1 atom stereocenters. The molecule has 0 aromatic heterocycles. The lowest BCUT2D eigenvalue weighted by Gasteiger charge is -2.36. The van der Waals surface area contributed by atoms with E-state index in [1.165, 1.54) is 5.56 Å². The van der Waals surface area contributed by atoms with Crippen LogP contribution in [-0.2, 0) is 4.74 Å². The van der Waals surface area contributed by atoms with Gasteiger partial charge >= 0.3 is 0 Å². The van der Waals surface area contributed by atoms with Crippen LogP contribution >= 0.6 is 11.6 Å². The van der Waals surface area contributed by atoms with E-state index in [4.69, 9.17) is 16.3 Å². The number of hydrogen-bond donors (Lipinski definition) is 0. The molecule has 2 rings (SSSR count). The maximum Gasteiger partial charge on any atom is 0.0632 e. The SMILES string of the molecule is CC1(C)CC(c2ccccc2Cl)CCO1. The van der Waals surface area contributed by atoms with Gasteiger partial charge in [-0.05, 0) is 44.2 Å². The Balaban J connectivity index is 2.21. The maximum absolute atomic E-state index is 6.21. The molecule has 1 aromatic rings. The number of ether oxygens (including phenoxy) is 1. The molecule has 0 aliphatic carbocycles. The Morgan fingerprint density at radius 2 is 2.07 bits per heavy atom. The molecule has 1 aliphatic heterocycles. The van der Waals surface area contributed by atoms with Crippen molar-refractivity contribution in [2.24, 2.45) is 0 Å². The summed E-state index contributed by atoms with van der Waals surface area (Å²) in [6, 6.07) is 8.15. The topological polar surface area (TPSA) is 9.23 Å². The third-order valence-corrected chi connectivity index (χ3v) is 3.39. The van der Waals surface area contributed by atoms with Crippen LogP contribution in [0, 0.1) is 0 Å². The van der Waals surface area contributed by atoms with Crippen LogP contribution < -0.4 is 0 Å². The Bertz CT molecular complexity index is 346. The largest absolute Gasteiger partial charge is 0.376 e. The molecular weight excluding hydrogens is 208 g/mol. The standard InChI is InChI=1S/C13H17ClO/c1-13(2)9-10(7-8-15-13)11-5-3-4-6-12(11)14/h3-6,10H,7-9H2,1-2H3. The van der Waals surface area contributed by atoms with Crippen LogP contribution in [0.1, 0.15) is 38.2 Å². The molecule has 0 saturated carbocycles. The first-order chi connectivity index (χ1) is 7.08. The van der Waals surface area contributed by atoms with Crippen LogP contribution in [0.4, 0.5) is 0 Å². The van der Waals surface area contributed by atoms with Crippen molar-refractivity contribution in [3.8, 4) is 0 Å². The molecule has 1 aromatic carbocycles. The summed E-state index contributed by atoms with van der Waals surface area (Å²) in [6.07, 6.45) is 2.13. The second kappa shape index (κ2) is 4.15. The fourth-order valence-corrected chi connectivity index (χ4v) is 2.59. The third kappa shape index (κ3) is 2.53. The highest BCUT2D eigenvalue weighted by atomic mass is 35.5. The van der Waals surface area contributed by atoms with E-state index in [-0.39, 0.29) is 5.60 Å². The van der Waals surface area contributed by atoms with E-state index in [1.54, 1.807) is 0 Å². The van der Waals surface area contributed by atoms with E-state index >= 15 is 0 Å². The lowest BCUT2D eigenvalue weighted by atomic mass is 9.83. The molecular formula is C13H17ClO. The molecule has 2 heteroatoms. The molecule has 0 N–H and O–H groups in total. The molecule has 1 heterocycles. The van der Waals surface area contributed by atoms with Gasteiger partial charge in [0, 0.05) is 11.6 Å². The summed E-state index contributed by atoms with van der Waals surface area (Å²) in [5.74, 6) is 0.544. The molecule has 82 valence electrons. The third-order valence-electron chi connectivity index (χ3n) is 3.04. The maximum atomic E-state index is 6.21. The highest BCUT2D eigenvalue weighted by molar-refractivity contribution is 6.31. The lowest BCUT2D eigenvalue weighted by molar-refractivity contribution is -0.0592. The van der Waals surface area contributed by atoms with Gasteiger partial charge in [-0.2, -0.15) is 0 Å². The van der Waals surface area contributed by atoms with Crippen LogP contribution in [0.3, 0.4) is 0 Å². The molecule has 1 aliphatic rings. The zero-order valence-electron chi connectivity index (χ0n) is 9.29. The molecule has 1 fully saturated rings. The average Bonchev–Trinajstić information content (AvgIpc) is 2.17. The van der Waals surface area contributed by atoms with E-state index in [0.29, 0.717) is 5.92 Å². The Morgan fingerprint density at radius 1 is 1.33 bits per heavy atom. The van der Waals surface area contributed by atoms with Crippen molar-refractivity contribution >= 4 is 11.6 Å². The van der Waals surface area contributed by atoms with E-state index in [2.05, 4.69) is 26.0 Å². The highest BCUT2D eigenvalue weighted by Crippen LogP contribution is 2.38. The van der Waals surface area contributed by atoms with Gasteiger partial charge in [-0.15, -0.1) is 0 Å². The molecule has 1 saturated heterocycles. The Labute approximate surface area is 96.4 Å². The van der Waals surface area contributed by atoms with Gasteiger partial charge in [0.25, 0.3) is 0 Å². The summed E-state index contributed by atoms with van der Waals surface area (Å²) < 4.78 is 5.71. The van der Waals surface area contributed by atoms with Crippen molar-refractivity contribution in [1.29, 1.82) is 0 Å². The minimum Gasteiger partial charge on any atom is -0.376 e. The lowest BCUT2D eigenvalue weighted by Crippen LogP contribution is -2.33. The van der Waals surface area contributed by atoms with Crippen LogP contribution in [0.25, 0.3) is 0 Å². The molecule has 0 amide bonds. The van der Waals surface area contributed by atoms with Crippen LogP contribution in [0.15, 0.2) is 24.3 Å². The number of halogens is 1. The fraction of sp³-hybridized carbons (Fsp3) is 0.538. The smallest absolute Gasteiger partial charge is 0.0632 e. The summed E-state index contributed by atoms with van der Waals surface area (Å²) in [4.78, 5) is 0. The first-order valence-corrected chi connectivity index (χ1v) is 5.85. The Morgan fingerprint density at radius 3 is 2.73 bits per heavy atom. The zero-order valence-corrected chi connectivity index (χ0v) is 10.1. The predicted octanol–water partition coefficient (Wildman–Crippen LogP) is 4.01. The van der Waals surface area contributed by atoms with Crippen LogP contribution in [-0.4, -0.2) is 12.2 Å². The summed E-state index contributed by atoms with van der Waals surface area (Å²) in [6.45, 7) is 5.13. The second-order valence-corrected chi connectivity index (χ2v) is 5.23. The molecule has 0 spiro atoms. The van der Waals surface area contributed by atoms with Gasteiger partial charge in [-0.1, -0.05) is 29.8 Å². The van der Waals surface area contributed by atoms with Gasteiger partial charge in [-0.25, -0.2) is 0 Å². The monoisotopic (exact) mass is 224 g/mol. The van der Waals surface area contributed by atoms with Gasteiger partial charge < -0.3 is 4.74 Å². The van der Waals surface area contributed by atoms with Gasteiger partial charge in [0.05, 0.1) is 5.60 Å². The fourth-order valence-electron chi connectivity index (χ4n) is 2.30. The van der Waals surface area contributed by atoms with Gasteiger partial charge in [0.1, 0.15) is 0 Å². The minimum absolute atomic E-state index is 0.0118. The summed E-state index contributed by atoms with van der Waals surface area (Å²) in [5.41, 5.74) is 1.26. The number of hydrogen-bond acceptors (Lipinski definition) is 1. The summed E-state index contributed by atoms with van der Waals surface area (Å²) >= 11 is 6.21.